The van der Waals surface area contributed by atoms with Gasteiger partial charge in [0.05, 0.1) is 6.04 Å². The number of piperidine rings is 1. The first-order valence-corrected chi connectivity index (χ1v) is 11.3. The van der Waals surface area contributed by atoms with Gasteiger partial charge in [0.1, 0.15) is 0 Å². The number of fused-ring (bicyclic) bond motifs is 1. The SMILES string of the molecule is CC(C)C1c2ccccc2CCN1C(=O)C1CCN(CCc2ccccc2)CC1. The molecule has 29 heavy (non-hydrogen) atoms. The van der Waals surface area contributed by atoms with Gasteiger partial charge >= 0.3 is 0 Å². The zero-order chi connectivity index (χ0) is 20.2. The molecule has 2 heterocycles. The molecule has 2 aromatic carbocycles. The molecule has 1 fully saturated rings. The number of rotatable bonds is 5. The Kier molecular flexibility index (Phi) is 6.34. The van der Waals surface area contributed by atoms with Gasteiger partial charge in [-0.2, -0.15) is 0 Å². The monoisotopic (exact) mass is 390 g/mol. The van der Waals surface area contributed by atoms with E-state index in [-0.39, 0.29) is 12.0 Å². The fraction of sp³-hybridized carbons (Fsp3) is 0.500. The number of hydrogen-bond donors (Lipinski definition) is 0. The Labute approximate surface area is 175 Å². The van der Waals surface area contributed by atoms with Gasteiger partial charge in [0.15, 0.2) is 0 Å². The minimum absolute atomic E-state index is 0.189. The fourth-order valence-corrected chi connectivity index (χ4v) is 5.13. The molecule has 2 aliphatic rings. The maximum Gasteiger partial charge on any atom is 0.226 e. The summed E-state index contributed by atoms with van der Waals surface area (Å²) in [5.41, 5.74) is 4.19. The Bertz CT molecular complexity index is 808. The van der Waals surface area contributed by atoms with Crippen molar-refractivity contribution in [3.8, 4) is 0 Å². The average Bonchev–Trinajstić information content (AvgIpc) is 2.77. The number of carbonyl (C=O) groups is 1. The van der Waals surface area contributed by atoms with Crippen molar-refractivity contribution < 1.29 is 4.79 Å². The van der Waals surface area contributed by atoms with Crippen LogP contribution in [0.4, 0.5) is 0 Å². The van der Waals surface area contributed by atoms with Crippen LogP contribution in [0.5, 0.6) is 0 Å². The molecule has 3 nitrogen and oxygen atoms in total. The molecule has 0 bridgehead atoms. The van der Waals surface area contributed by atoms with Crippen LogP contribution in [0.2, 0.25) is 0 Å². The Balaban J connectivity index is 1.35. The minimum Gasteiger partial charge on any atom is -0.335 e. The number of carbonyl (C=O) groups excluding carboxylic acids is 1. The van der Waals surface area contributed by atoms with Gasteiger partial charge < -0.3 is 9.80 Å². The number of benzene rings is 2. The molecule has 0 N–H and O–H groups in total. The number of hydrogen-bond acceptors (Lipinski definition) is 2. The van der Waals surface area contributed by atoms with E-state index in [4.69, 9.17) is 0 Å². The van der Waals surface area contributed by atoms with Crippen LogP contribution in [0, 0.1) is 11.8 Å². The van der Waals surface area contributed by atoms with Gasteiger partial charge in [-0.25, -0.2) is 0 Å². The lowest BCUT2D eigenvalue weighted by Crippen LogP contribution is -2.47. The van der Waals surface area contributed by atoms with Gasteiger partial charge in [0, 0.05) is 19.0 Å². The molecule has 1 saturated heterocycles. The zero-order valence-corrected chi connectivity index (χ0v) is 17.9. The second kappa shape index (κ2) is 9.13. The molecule has 1 amide bonds. The summed E-state index contributed by atoms with van der Waals surface area (Å²) >= 11 is 0. The molecule has 4 rings (SSSR count). The smallest absolute Gasteiger partial charge is 0.226 e. The zero-order valence-electron chi connectivity index (χ0n) is 17.9. The largest absolute Gasteiger partial charge is 0.335 e. The van der Waals surface area contributed by atoms with Gasteiger partial charge in [-0.3, -0.25) is 4.79 Å². The van der Waals surface area contributed by atoms with Crippen LogP contribution in [0.25, 0.3) is 0 Å². The molecule has 3 heteroatoms. The van der Waals surface area contributed by atoms with Crippen LogP contribution >= 0.6 is 0 Å². The van der Waals surface area contributed by atoms with Crippen molar-refractivity contribution in [3.05, 3.63) is 71.3 Å². The highest BCUT2D eigenvalue weighted by Gasteiger charge is 2.36. The van der Waals surface area contributed by atoms with Crippen molar-refractivity contribution in [1.29, 1.82) is 0 Å². The van der Waals surface area contributed by atoms with Crippen molar-refractivity contribution in [2.75, 3.05) is 26.2 Å². The van der Waals surface area contributed by atoms with E-state index in [1.165, 1.54) is 16.7 Å². The third-order valence-corrected chi connectivity index (χ3v) is 6.74. The summed E-state index contributed by atoms with van der Waals surface area (Å²) in [5.74, 6) is 1.02. The maximum atomic E-state index is 13.5. The van der Waals surface area contributed by atoms with Gasteiger partial charge in [-0.05, 0) is 61.4 Å². The van der Waals surface area contributed by atoms with Crippen LogP contribution in [-0.2, 0) is 17.6 Å². The lowest BCUT2D eigenvalue weighted by molar-refractivity contribution is -0.141. The van der Waals surface area contributed by atoms with E-state index >= 15 is 0 Å². The Morgan fingerprint density at radius 2 is 1.66 bits per heavy atom. The molecule has 0 spiro atoms. The molecule has 0 radical (unpaired) electrons. The Morgan fingerprint density at radius 3 is 2.38 bits per heavy atom. The summed E-state index contributed by atoms with van der Waals surface area (Å²) in [7, 11) is 0. The maximum absolute atomic E-state index is 13.5. The van der Waals surface area contributed by atoms with Crippen LogP contribution < -0.4 is 0 Å². The molecular formula is C26H34N2O. The summed E-state index contributed by atoms with van der Waals surface area (Å²) < 4.78 is 0. The van der Waals surface area contributed by atoms with E-state index in [0.29, 0.717) is 11.8 Å². The van der Waals surface area contributed by atoms with Gasteiger partial charge in [0.25, 0.3) is 0 Å². The van der Waals surface area contributed by atoms with E-state index in [2.05, 4.69) is 78.2 Å². The minimum atomic E-state index is 0.189. The summed E-state index contributed by atoms with van der Waals surface area (Å²) in [6.07, 6.45) is 4.08. The van der Waals surface area contributed by atoms with E-state index in [1.807, 2.05) is 0 Å². The molecule has 154 valence electrons. The topological polar surface area (TPSA) is 23.6 Å². The number of likely N-dealkylation sites (tertiary alicyclic amines) is 1. The molecule has 1 unspecified atom stereocenters. The fourth-order valence-electron chi connectivity index (χ4n) is 5.13. The van der Waals surface area contributed by atoms with Crippen LogP contribution in [0.3, 0.4) is 0 Å². The molecule has 0 aromatic heterocycles. The third-order valence-electron chi connectivity index (χ3n) is 6.74. The highest BCUT2D eigenvalue weighted by Crippen LogP contribution is 2.37. The van der Waals surface area contributed by atoms with Crippen molar-refractivity contribution in [1.82, 2.24) is 9.80 Å². The normalized spacial score (nSPS) is 20.7. The highest BCUT2D eigenvalue weighted by atomic mass is 16.2. The van der Waals surface area contributed by atoms with E-state index in [1.54, 1.807) is 0 Å². The third kappa shape index (κ3) is 4.56. The second-order valence-corrected chi connectivity index (χ2v) is 9.02. The predicted octanol–water partition coefficient (Wildman–Crippen LogP) is 4.72. The predicted molar refractivity (Wildman–Crippen MR) is 119 cm³/mol. The van der Waals surface area contributed by atoms with Gasteiger partial charge in [-0.15, -0.1) is 0 Å². The first-order chi connectivity index (χ1) is 14.1. The Morgan fingerprint density at radius 1 is 0.966 bits per heavy atom. The first-order valence-electron chi connectivity index (χ1n) is 11.3. The number of nitrogens with zero attached hydrogens (tertiary/aromatic N) is 2. The van der Waals surface area contributed by atoms with Crippen LogP contribution in [0.1, 0.15) is 49.4 Å². The molecular weight excluding hydrogens is 356 g/mol. The lowest BCUT2D eigenvalue weighted by atomic mass is 9.84. The first kappa shape index (κ1) is 20.2. The number of amides is 1. The summed E-state index contributed by atoms with van der Waals surface area (Å²) in [5, 5.41) is 0. The van der Waals surface area contributed by atoms with Crippen molar-refractivity contribution in [2.24, 2.45) is 11.8 Å². The van der Waals surface area contributed by atoms with Gasteiger partial charge in [-0.1, -0.05) is 68.4 Å². The second-order valence-electron chi connectivity index (χ2n) is 9.02. The molecule has 0 aliphatic carbocycles. The lowest BCUT2D eigenvalue weighted by Gasteiger charge is -2.42. The Hall–Kier alpha value is -2.13. The molecule has 2 aliphatic heterocycles. The summed E-state index contributed by atoms with van der Waals surface area (Å²) in [6.45, 7) is 8.54. The van der Waals surface area contributed by atoms with E-state index < -0.39 is 0 Å². The molecule has 2 aromatic rings. The van der Waals surface area contributed by atoms with E-state index in [0.717, 1.165) is 51.9 Å². The molecule has 0 saturated carbocycles. The van der Waals surface area contributed by atoms with E-state index in [9.17, 15) is 4.79 Å². The summed E-state index contributed by atoms with van der Waals surface area (Å²) in [6, 6.07) is 19.6. The van der Waals surface area contributed by atoms with Crippen LogP contribution in [0.15, 0.2) is 54.6 Å². The highest BCUT2D eigenvalue weighted by molar-refractivity contribution is 5.80. The van der Waals surface area contributed by atoms with Crippen molar-refractivity contribution >= 4 is 5.91 Å². The van der Waals surface area contributed by atoms with Crippen molar-refractivity contribution in [2.45, 2.75) is 45.6 Å². The quantitative estimate of drug-likeness (QED) is 0.737. The van der Waals surface area contributed by atoms with Crippen LogP contribution in [-0.4, -0.2) is 41.9 Å². The summed E-state index contributed by atoms with van der Waals surface area (Å²) in [4.78, 5) is 18.2. The average molecular weight is 391 g/mol. The van der Waals surface area contributed by atoms with Crippen molar-refractivity contribution in [3.63, 3.8) is 0 Å². The standard InChI is InChI=1S/C26H34N2O/c1-20(2)25-24-11-7-6-10-22(24)15-19-28(25)26(29)23-13-17-27(18-14-23)16-12-21-8-4-3-5-9-21/h3-11,20,23,25H,12-19H2,1-2H3. The van der Waals surface area contributed by atoms with Gasteiger partial charge in [0.2, 0.25) is 5.91 Å². The molecule has 1 atom stereocenters.